The number of nitrogen functional groups attached to an aromatic ring is 1. The molecule has 0 atom stereocenters. The molecule has 0 spiro atoms. The minimum Gasteiger partial charge on any atom is -0.335 e. The van der Waals surface area contributed by atoms with Crippen LogP contribution in [0.4, 0.5) is 5.82 Å². The number of carbonyl (C=O) groups excluding carboxylic acids is 1. The molecule has 1 aliphatic heterocycles. The van der Waals surface area contributed by atoms with Gasteiger partial charge in [-0.05, 0) is 0 Å². The lowest BCUT2D eigenvalue weighted by Crippen LogP contribution is -2.44. The molecule has 1 amide bonds. The van der Waals surface area contributed by atoms with Crippen molar-refractivity contribution >= 4 is 21.6 Å². The number of hydrazine groups is 1. The number of nitrogens with zero attached hydrogens (tertiary/aromatic N) is 3. The average Bonchev–Trinajstić information content (AvgIpc) is 2.38. The van der Waals surface area contributed by atoms with E-state index in [0.29, 0.717) is 0 Å². The number of anilines is 1. The number of nitrogens with two attached hydrogens (primary N) is 1. The van der Waals surface area contributed by atoms with Crippen molar-refractivity contribution in [3.63, 3.8) is 0 Å². The first-order valence-corrected chi connectivity index (χ1v) is 7.12. The highest BCUT2D eigenvalue weighted by atomic mass is 32.2. The Morgan fingerprint density at radius 2 is 2.00 bits per heavy atom. The molecular weight excluding hydrogens is 258 g/mol. The van der Waals surface area contributed by atoms with Crippen LogP contribution in [-0.4, -0.2) is 53.8 Å². The fraction of sp³-hybridized carbons (Fsp3) is 0.444. The molecule has 0 radical (unpaired) electrons. The fourth-order valence-electron chi connectivity index (χ4n) is 1.62. The van der Waals surface area contributed by atoms with Gasteiger partial charge in [0.25, 0.3) is 5.91 Å². The Labute approximate surface area is 104 Å². The number of aromatic nitrogens is 2. The molecule has 0 unspecified atom stereocenters. The van der Waals surface area contributed by atoms with Crippen LogP contribution in [0.2, 0.25) is 0 Å². The third kappa shape index (κ3) is 2.74. The highest BCUT2D eigenvalue weighted by Gasteiger charge is 2.26. The van der Waals surface area contributed by atoms with Crippen LogP contribution in [0.5, 0.6) is 0 Å². The Morgan fingerprint density at radius 3 is 2.61 bits per heavy atom. The Hall–Kier alpha value is -1.74. The van der Waals surface area contributed by atoms with Crippen molar-refractivity contribution in [2.24, 2.45) is 5.84 Å². The molecule has 1 aromatic rings. The van der Waals surface area contributed by atoms with E-state index in [0.717, 1.165) is 0 Å². The molecule has 0 aliphatic carbocycles. The second-order valence-corrected chi connectivity index (χ2v) is 6.18. The van der Waals surface area contributed by atoms with Crippen molar-refractivity contribution in [3.05, 3.63) is 18.1 Å². The molecule has 0 bridgehead atoms. The van der Waals surface area contributed by atoms with Gasteiger partial charge in [0.15, 0.2) is 15.7 Å². The van der Waals surface area contributed by atoms with Gasteiger partial charge in [-0.15, -0.1) is 0 Å². The van der Waals surface area contributed by atoms with Crippen LogP contribution in [0.1, 0.15) is 10.5 Å². The van der Waals surface area contributed by atoms with Gasteiger partial charge in [-0.25, -0.2) is 19.2 Å². The number of nitrogens with one attached hydrogen (secondary N) is 1. The molecule has 1 aliphatic rings. The minimum atomic E-state index is -3.01. The number of hydrogen-bond acceptors (Lipinski definition) is 7. The van der Waals surface area contributed by atoms with Gasteiger partial charge in [-0.2, -0.15) is 0 Å². The van der Waals surface area contributed by atoms with Crippen molar-refractivity contribution in [1.29, 1.82) is 0 Å². The molecular formula is C9H13N5O3S. The Bertz CT molecular complexity index is 545. The minimum absolute atomic E-state index is 0.0129. The number of amides is 1. The SMILES string of the molecule is NNc1cncc(C(=O)N2CCS(=O)(=O)CC2)n1. The van der Waals surface area contributed by atoms with E-state index in [9.17, 15) is 13.2 Å². The topological polar surface area (TPSA) is 118 Å². The summed E-state index contributed by atoms with van der Waals surface area (Å²) in [5.41, 5.74) is 2.44. The lowest BCUT2D eigenvalue weighted by molar-refractivity contribution is 0.0764. The van der Waals surface area contributed by atoms with Crippen LogP contribution in [0.3, 0.4) is 0 Å². The summed E-state index contributed by atoms with van der Waals surface area (Å²) in [6.45, 7) is 0.367. The van der Waals surface area contributed by atoms with E-state index in [2.05, 4.69) is 15.4 Å². The average molecular weight is 271 g/mol. The molecule has 1 aromatic heterocycles. The molecule has 9 heteroatoms. The van der Waals surface area contributed by atoms with Crippen molar-refractivity contribution in [2.45, 2.75) is 0 Å². The number of sulfone groups is 1. The number of hydrogen-bond donors (Lipinski definition) is 2. The summed E-state index contributed by atoms with van der Waals surface area (Å²) < 4.78 is 22.5. The molecule has 18 heavy (non-hydrogen) atoms. The van der Waals surface area contributed by atoms with E-state index in [-0.39, 0.29) is 42.0 Å². The van der Waals surface area contributed by atoms with Crippen molar-refractivity contribution in [2.75, 3.05) is 30.0 Å². The van der Waals surface area contributed by atoms with Crippen LogP contribution in [-0.2, 0) is 9.84 Å². The first kappa shape index (κ1) is 12.7. The molecule has 8 nitrogen and oxygen atoms in total. The Kier molecular flexibility index (Phi) is 3.43. The van der Waals surface area contributed by atoms with E-state index >= 15 is 0 Å². The summed E-state index contributed by atoms with van der Waals surface area (Å²) in [4.78, 5) is 21.3. The van der Waals surface area contributed by atoms with Gasteiger partial charge in [-0.3, -0.25) is 9.78 Å². The number of carbonyl (C=O) groups is 1. The summed E-state index contributed by atoms with van der Waals surface area (Å²) in [6.07, 6.45) is 2.71. The summed E-state index contributed by atoms with van der Waals surface area (Å²) in [6, 6.07) is 0. The van der Waals surface area contributed by atoms with Gasteiger partial charge in [0, 0.05) is 13.1 Å². The molecule has 3 N–H and O–H groups in total. The lowest BCUT2D eigenvalue weighted by Gasteiger charge is -2.26. The maximum atomic E-state index is 12.0. The zero-order valence-electron chi connectivity index (χ0n) is 9.54. The van der Waals surface area contributed by atoms with E-state index < -0.39 is 9.84 Å². The Balaban J connectivity index is 2.12. The van der Waals surface area contributed by atoms with Crippen molar-refractivity contribution < 1.29 is 13.2 Å². The third-order valence-corrected chi connectivity index (χ3v) is 4.24. The second kappa shape index (κ2) is 4.86. The van der Waals surface area contributed by atoms with Crippen molar-refractivity contribution in [3.8, 4) is 0 Å². The second-order valence-electron chi connectivity index (χ2n) is 3.88. The van der Waals surface area contributed by atoms with Crippen LogP contribution in [0.25, 0.3) is 0 Å². The first-order valence-electron chi connectivity index (χ1n) is 5.30. The maximum Gasteiger partial charge on any atom is 0.274 e. The van der Waals surface area contributed by atoms with E-state index in [1.165, 1.54) is 17.3 Å². The van der Waals surface area contributed by atoms with Gasteiger partial charge < -0.3 is 10.3 Å². The zero-order chi connectivity index (χ0) is 13.2. The van der Waals surface area contributed by atoms with Crippen LogP contribution in [0, 0.1) is 0 Å². The summed E-state index contributed by atoms with van der Waals surface area (Å²) in [5.74, 6) is 5.09. The highest BCUT2D eigenvalue weighted by Crippen LogP contribution is 2.09. The van der Waals surface area contributed by atoms with E-state index in [1.807, 2.05) is 0 Å². The molecule has 2 rings (SSSR count). The molecule has 2 heterocycles. The maximum absolute atomic E-state index is 12.0. The highest BCUT2D eigenvalue weighted by molar-refractivity contribution is 7.91. The van der Waals surface area contributed by atoms with Gasteiger partial charge in [0.05, 0.1) is 23.9 Å². The van der Waals surface area contributed by atoms with Gasteiger partial charge in [0.2, 0.25) is 0 Å². The lowest BCUT2D eigenvalue weighted by atomic mass is 10.3. The number of rotatable bonds is 2. The van der Waals surface area contributed by atoms with Crippen LogP contribution >= 0.6 is 0 Å². The smallest absolute Gasteiger partial charge is 0.274 e. The van der Waals surface area contributed by atoms with Gasteiger partial charge >= 0.3 is 0 Å². The summed E-state index contributed by atoms with van der Waals surface area (Å²) in [7, 11) is -3.01. The van der Waals surface area contributed by atoms with Gasteiger partial charge in [0.1, 0.15) is 5.69 Å². The quantitative estimate of drug-likeness (QED) is 0.503. The molecule has 1 fully saturated rings. The van der Waals surface area contributed by atoms with Crippen LogP contribution in [0.15, 0.2) is 12.4 Å². The first-order chi connectivity index (χ1) is 8.52. The summed E-state index contributed by atoms with van der Waals surface area (Å²) in [5, 5.41) is 0. The normalized spacial score (nSPS) is 18.4. The molecule has 1 saturated heterocycles. The predicted octanol–water partition coefficient (Wildman–Crippen LogP) is -1.37. The Morgan fingerprint density at radius 1 is 1.33 bits per heavy atom. The van der Waals surface area contributed by atoms with E-state index in [4.69, 9.17) is 5.84 Å². The van der Waals surface area contributed by atoms with Crippen LogP contribution < -0.4 is 11.3 Å². The predicted molar refractivity (Wildman–Crippen MR) is 64.4 cm³/mol. The molecule has 98 valence electrons. The third-order valence-electron chi connectivity index (χ3n) is 2.63. The molecule has 0 saturated carbocycles. The zero-order valence-corrected chi connectivity index (χ0v) is 10.4. The van der Waals surface area contributed by atoms with Crippen molar-refractivity contribution in [1.82, 2.24) is 14.9 Å². The van der Waals surface area contributed by atoms with E-state index in [1.54, 1.807) is 0 Å². The van der Waals surface area contributed by atoms with Gasteiger partial charge in [-0.1, -0.05) is 0 Å². The summed E-state index contributed by atoms with van der Waals surface area (Å²) >= 11 is 0. The fourth-order valence-corrected chi connectivity index (χ4v) is 2.82. The standard InChI is InChI=1S/C9H13N5O3S/c10-13-8-6-11-5-7(12-8)9(15)14-1-3-18(16,17)4-2-14/h5-6H,1-4,10H2,(H,12,13). The molecule has 0 aromatic carbocycles. The largest absolute Gasteiger partial charge is 0.335 e. The monoisotopic (exact) mass is 271 g/mol.